The van der Waals surface area contributed by atoms with Gasteiger partial charge < -0.3 is 4.90 Å². The molecule has 5 heteroatoms. The fourth-order valence-corrected chi connectivity index (χ4v) is 3.94. The second kappa shape index (κ2) is 5.47. The molecule has 1 heterocycles. The highest BCUT2D eigenvalue weighted by atomic mass is 32.2. The summed E-state index contributed by atoms with van der Waals surface area (Å²) in [7, 11) is -3.11. The number of sulfonamides is 1. The van der Waals surface area contributed by atoms with Gasteiger partial charge in [0, 0.05) is 19.1 Å². The molecule has 0 radical (unpaired) electrons. The van der Waals surface area contributed by atoms with E-state index in [2.05, 4.69) is 23.5 Å². The van der Waals surface area contributed by atoms with E-state index in [1.807, 2.05) is 13.8 Å². The monoisotopic (exact) mass is 248 g/mol. The Bertz CT molecular complexity index is 314. The minimum absolute atomic E-state index is 0.0868. The molecule has 1 N–H and O–H groups in total. The maximum Gasteiger partial charge on any atom is 0.212 e. The standard InChI is InChI=1S/C11H24N2O2S/c1-5-13-6-10(4)11(7-13)12-16(14,15)8-9(2)3/h9-12H,5-8H2,1-4H3/t10-,11-/m0/s1. The van der Waals surface area contributed by atoms with Crippen LogP contribution < -0.4 is 4.72 Å². The molecule has 0 saturated carbocycles. The summed E-state index contributed by atoms with van der Waals surface area (Å²) in [6.45, 7) is 10.9. The van der Waals surface area contributed by atoms with Gasteiger partial charge in [-0.05, 0) is 18.4 Å². The van der Waals surface area contributed by atoms with Gasteiger partial charge in [0.1, 0.15) is 0 Å². The number of nitrogens with zero attached hydrogens (tertiary/aromatic N) is 1. The maximum atomic E-state index is 11.8. The Kier molecular flexibility index (Phi) is 4.76. The molecule has 2 atom stereocenters. The van der Waals surface area contributed by atoms with Gasteiger partial charge in [-0.1, -0.05) is 27.7 Å². The number of rotatable bonds is 5. The van der Waals surface area contributed by atoms with Gasteiger partial charge in [0.2, 0.25) is 10.0 Å². The lowest BCUT2D eigenvalue weighted by Gasteiger charge is -2.17. The summed E-state index contributed by atoms with van der Waals surface area (Å²) in [6, 6.07) is 0.0868. The Labute approximate surface area is 99.5 Å². The molecular formula is C11H24N2O2S. The van der Waals surface area contributed by atoms with Crippen molar-refractivity contribution >= 4 is 10.0 Å². The van der Waals surface area contributed by atoms with E-state index in [9.17, 15) is 8.42 Å². The first-order valence-corrected chi connectivity index (χ1v) is 7.71. The topological polar surface area (TPSA) is 49.4 Å². The third kappa shape index (κ3) is 4.03. The van der Waals surface area contributed by atoms with Crippen molar-refractivity contribution in [2.24, 2.45) is 11.8 Å². The second-order valence-corrected chi connectivity index (χ2v) is 7.03. The predicted molar refractivity (Wildman–Crippen MR) is 66.8 cm³/mol. The van der Waals surface area contributed by atoms with E-state index in [4.69, 9.17) is 0 Å². The van der Waals surface area contributed by atoms with Gasteiger partial charge in [-0.3, -0.25) is 0 Å². The first-order valence-electron chi connectivity index (χ1n) is 6.06. The SMILES string of the molecule is CCN1C[C@H](NS(=O)(=O)CC(C)C)[C@@H](C)C1. The van der Waals surface area contributed by atoms with Gasteiger partial charge in [0.15, 0.2) is 0 Å². The quantitative estimate of drug-likeness (QED) is 0.786. The Morgan fingerprint density at radius 1 is 1.38 bits per heavy atom. The van der Waals surface area contributed by atoms with E-state index in [0.29, 0.717) is 5.92 Å². The average molecular weight is 248 g/mol. The Morgan fingerprint density at radius 3 is 2.44 bits per heavy atom. The third-order valence-electron chi connectivity index (χ3n) is 3.02. The lowest BCUT2D eigenvalue weighted by atomic mass is 10.1. The van der Waals surface area contributed by atoms with Crippen molar-refractivity contribution in [3.8, 4) is 0 Å². The minimum Gasteiger partial charge on any atom is -0.302 e. The minimum atomic E-state index is -3.11. The van der Waals surface area contributed by atoms with Crippen LogP contribution in [0.25, 0.3) is 0 Å². The van der Waals surface area contributed by atoms with Crippen molar-refractivity contribution in [3.05, 3.63) is 0 Å². The highest BCUT2D eigenvalue weighted by Crippen LogP contribution is 2.17. The van der Waals surface area contributed by atoms with Crippen LogP contribution in [0.1, 0.15) is 27.7 Å². The largest absolute Gasteiger partial charge is 0.302 e. The van der Waals surface area contributed by atoms with Gasteiger partial charge in [0.05, 0.1) is 5.75 Å². The molecule has 1 aliphatic heterocycles. The molecule has 16 heavy (non-hydrogen) atoms. The molecular weight excluding hydrogens is 224 g/mol. The second-order valence-electron chi connectivity index (χ2n) is 5.23. The lowest BCUT2D eigenvalue weighted by molar-refractivity contribution is 0.344. The summed E-state index contributed by atoms with van der Waals surface area (Å²) in [6.07, 6.45) is 0. The van der Waals surface area contributed by atoms with Crippen LogP contribution in [0.4, 0.5) is 0 Å². The van der Waals surface area contributed by atoms with E-state index in [0.717, 1.165) is 19.6 Å². The molecule has 0 aliphatic carbocycles. The maximum absolute atomic E-state index is 11.8. The Balaban J connectivity index is 2.54. The lowest BCUT2D eigenvalue weighted by Crippen LogP contribution is -2.41. The molecule has 0 amide bonds. The van der Waals surface area contributed by atoms with Crippen LogP contribution in [0.2, 0.25) is 0 Å². The summed E-state index contributed by atoms with van der Waals surface area (Å²) in [4.78, 5) is 2.28. The van der Waals surface area contributed by atoms with E-state index in [1.165, 1.54) is 0 Å². The van der Waals surface area contributed by atoms with Gasteiger partial charge in [0.25, 0.3) is 0 Å². The Morgan fingerprint density at radius 2 is 2.00 bits per heavy atom. The van der Waals surface area contributed by atoms with Crippen molar-refractivity contribution < 1.29 is 8.42 Å². The fourth-order valence-electron chi connectivity index (χ4n) is 2.20. The van der Waals surface area contributed by atoms with Crippen molar-refractivity contribution in [2.75, 3.05) is 25.4 Å². The number of hydrogen-bond donors (Lipinski definition) is 1. The van der Waals surface area contributed by atoms with Crippen LogP contribution in [0.15, 0.2) is 0 Å². The molecule has 0 unspecified atom stereocenters. The highest BCUT2D eigenvalue weighted by molar-refractivity contribution is 7.89. The van der Waals surface area contributed by atoms with Crippen molar-refractivity contribution in [3.63, 3.8) is 0 Å². The zero-order valence-electron chi connectivity index (χ0n) is 10.7. The number of likely N-dealkylation sites (tertiary alicyclic amines) is 1. The summed E-state index contributed by atoms with van der Waals surface area (Å²) < 4.78 is 26.4. The molecule has 0 aromatic rings. The van der Waals surface area contributed by atoms with Gasteiger partial charge in [-0.2, -0.15) is 0 Å². The van der Waals surface area contributed by atoms with E-state index in [1.54, 1.807) is 0 Å². The average Bonchev–Trinajstić information content (AvgIpc) is 2.44. The summed E-state index contributed by atoms with van der Waals surface area (Å²) in [5.74, 6) is 0.806. The summed E-state index contributed by atoms with van der Waals surface area (Å²) >= 11 is 0. The van der Waals surface area contributed by atoms with E-state index < -0.39 is 10.0 Å². The van der Waals surface area contributed by atoms with Crippen LogP contribution in [0, 0.1) is 11.8 Å². The van der Waals surface area contributed by atoms with Gasteiger partial charge in [-0.15, -0.1) is 0 Å². The molecule has 0 aromatic carbocycles. The van der Waals surface area contributed by atoms with Crippen LogP contribution in [0.5, 0.6) is 0 Å². The summed E-state index contributed by atoms with van der Waals surface area (Å²) in [5, 5.41) is 0. The van der Waals surface area contributed by atoms with Gasteiger partial charge >= 0.3 is 0 Å². The number of likely N-dealkylation sites (N-methyl/N-ethyl adjacent to an activating group) is 1. The first kappa shape index (κ1) is 13.9. The predicted octanol–water partition coefficient (Wildman–Crippen LogP) is 0.902. The fraction of sp³-hybridized carbons (Fsp3) is 1.00. The van der Waals surface area contributed by atoms with Crippen LogP contribution in [0.3, 0.4) is 0 Å². The van der Waals surface area contributed by atoms with E-state index in [-0.39, 0.29) is 17.7 Å². The molecule has 96 valence electrons. The molecule has 0 spiro atoms. The smallest absolute Gasteiger partial charge is 0.212 e. The van der Waals surface area contributed by atoms with Crippen LogP contribution >= 0.6 is 0 Å². The van der Waals surface area contributed by atoms with Crippen molar-refractivity contribution in [2.45, 2.75) is 33.7 Å². The third-order valence-corrected chi connectivity index (χ3v) is 4.79. The first-order chi connectivity index (χ1) is 7.34. The molecule has 4 nitrogen and oxygen atoms in total. The molecule has 0 bridgehead atoms. The van der Waals surface area contributed by atoms with Crippen molar-refractivity contribution in [1.29, 1.82) is 0 Å². The van der Waals surface area contributed by atoms with Crippen LogP contribution in [-0.4, -0.2) is 44.7 Å². The molecule has 1 aliphatic rings. The molecule has 0 aromatic heterocycles. The highest BCUT2D eigenvalue weighted by Gasteiger charge is 2.31. The molecule has 1 fully saturated rings. The summed E-state index contributed by atoms with van der Waals surface area (Å²) in [5.41, 5.74) is 0. The van der Waals surface area contributed by atoms with Gasteiger partial charge in [-0.25, -0.2) is 13.1 Å². The zero-order chi connectivity index (χ0) is 12.3. The molecule has 1 saturated heterocycles. The number of hydrogen-bond acceptors (Lipinski definition) is 3. The number of nitrogens with one attached hydrogen (secondary N) is 1. The Hall–Kier alpha value is -0.130. The van der Waals surface area contributed by atoms with Crippen LogP contribution in [-0.2, 0) is 10.0 Å². The zero-order valence-corrected chi connectivity index (χ0v) is 11.5. The van der Waals surface area contributed by atoms with E-state index >= 15 is 0 Å². The molecule has 1 rings (SSSR count). The van der Waals surface area contributed by atoms with Crippen molar-refractivity contribution in [1.82, 2.24) is 9.62 Å². The normalized spacial score (nSPS) is 27.8.